The molecule has 0 aliphatic carbocycles. The Morgan fingerprint density at radius 3 is 2.16 bits per heavy atom. The Kier molecular flexibility index (Phi) is 8.64. The van der Waals surface area contributed by atoms with Crippen LogP contribution in [0.25, 0.3) is 0 Å². The van der Waals surface area contributed by atoms with Crippen LogP contribution < -0.4 is 10.2 Å². The molecule has 2 aromatic carbocycles. The SMILES string of the molecule is COc1ccc(C(=O)N2CCN(CC(=O)NN=Cc3cc(C(C)(C)C)cc(C(C)(C)C)c3O)CC2)cc1. The van der Waals surface area contributed by atoms with E-state index < -0.39 is 0 Å². The van der Waals surface area contributed by atoms with Gasteiger partial charge in [0.25, 0.3) is 11.8 Å². The predicted molar refractivity (Wildman–Crippen MR) is 147 cm³/mol. The van der Waals surface area contributed by atoms with Gasteiger partial charge in [-0.3, -0.25) is 14.5 Å². The number of hydrazone groups is 1. The molecule has 1 saturated heterocycles. The number of nitrogens with one attached hydrogen (secondary N) is 1. The van der Waals surface area contributed by atoms with Crippen LogP contribution in [0.1, 0.15) is 68.6 Å². The number of hydrogen-bond acceptors (Lipinski definition) is 6. The Morgan fingerprint density at radius 1 is 1.00 bits per heavy atom. The fourth-order valence-corrected chi connectivity index (χ4v) is 4.20. The Morgan fingerprint density at radius 2 is 1.62 bits per heavy atom. The van der Waals surface area contributed by atoms with Crippen molar-refractivity contribution in [2.24, 2.45) is 5.10 Å². The third-order valence-corrected chi connectivity index (χ3v) is 6.57. The van der Waals surface area contributed by atoms with Crippen molar-refractivity contribution >= 4 is 18.0 Å². The summed E-state index contributed by atoms with van der Waals surface area (Å²) in [6, 6.07) is 11.0. The van der Waals surface area contributed by atoms with Crippen molar-refractivity contribution in [2.45, 2.75) is 52.4 Å². The predicted octanol–water partition coefficient (Wildman–Crippen LogP) is 3.90. The summed E-state index contributed by atoms with van der Waals surface area (Å²) in [7, 11) is 1.59. The topological polar surface area (TPSA) is 94.5 Å². The molecule has 0 bridgehead atoms. The highest BCUT2D eigenvalue weighted by atomic mass is 16.5. The van der Waals surface area contributed by atoms with E-state index in [0.29, 0.717) is 43.1 Å². The number of methoxy groups -OCH3 is 1. The van der Waals surface area contributed by atoms with Gasteiger partial charge in [-0.2, -0.15) is 5.10 Å². The molecule has 2 amide bonds. The quantitative estimate of drug-likeness (QED) is 0.456. The van der Waals surface area contributed by atoms with Crippen molar-refractivity contribution in [3.05, 3.63) is 58.7 Å². The van der Waals surface area contributed by atoms with Crippen LogP contribution in [0.4, 0.5) is 0 Å². The number of carbonyl (C=O) groups excluding carboxylic acids is 2. The van der Waals surface area contributed by atoms with Crippen LogP contribution in [0.2, 0.25) is 0 Å². The highest BCUT2D eigenvalue weighted by Gasteiger charge is 2.25. The zero-order valence-corrected chi connectivity index (χ0v) is 23.1. The molecule has 0 radical (unpaired) electrons. The van der Waals surface area contributed by atoms with E-state index in [2.05, 4.69) is 52.1 Å². The Balaban J connectivity index is 1.56. The van der Waals surface area contributed by atoms with Crippen molar-refractivity contribution in [3.63, 3.8) is 0 Å². The second-order valence-electron chi connectivity index (χ2n) is 11.6. The van der Waals surface area contributed by atoms with E-state index in [9.17, 15) is 14.7 Å². The van der Waals surface area contributed by atoms with E-state index in [4.69, 9.17) is 4.74 Å². The van der Waals surface area contributed by atoms with Crippen molar-refractivity contribution in [2.75, 3.05) is 39.8 Å². The lowest BCUT2D eigenvalue weighted by Crippen LogP contribution is -2.50. The molecule has 1 aliphatic rings. The lowest BCUT2D eigenvalue weighted by atomic mass is 9.79. The number of piperazine rings is 1. The smallest absolute Gasteiger partial charge is 0.254 e. The largest absolute Gasteiger partial charge is 0.507 e. The van der Waals surface area contributed by atoms with Gasteiger partial charge in [0, 0.05) is 42.9 Å². The molecular weight excluding hydrogens is 468 g/mol. The summed E-state index contributed by atoms with van der Waals surface area (Å²) in [5.74, 6) is 0.620. The van der Waals surface area contributed by atoms with Crippen molar-refractivity contribution in [1.82, 2.24) is 15.2 Å². The zero-order chi connectivity index (χ0) is 27.4. The van der Waals surface area contributed by atoms with Crippen LogP contribution in [-0.2, 0) is 15.6 Å². The Bertz CT molecular complexity index is 1140. The summed E-state index contributed by atoms with van der Waals surface area (Å²) in [6.45, 7) is 15.0. The van der Waals surface area contributed by atoms with Crippen molar-refractivity contribution in [1.29, 1.82) is 0 Å². The molecule has 2 N–H and O–H groups in total. The van der Waals surface area contributed by atoms with E-state index in [1.165, 1.54) is 6.21 Å². The summed E-state index contributed by atoms with van der Waals surface area (Å²) in [6.07, 6.45) is 1.50. The molecule has 8 heteroatoms. The van der Waals surface area contributed by atoms with Crippen LogP contribution in [0, 0.1) is 0 Å². The Hall–Kier alpha value is -3.39. The third kappa shape index (κ3) is 7.32. The van der Waals surface area contributed by atoms with E-state index in [1.807, 2.05) is 17.0 Å². The number of phenolic OH excluding ortho intramolecular Hbond substituents is 1. The van der Waals surface area contributed by atoms with Gasteiger partial charge in [0.05, 0.1) is 19.9 Å². The molecule has 200 valence electrons. The number of phenols is 1. The maximum atomic E-state index is 12.8. The number of nitrogens with zero attached hydrogens (tertiary/aromatic N) is 3. The van der Waals surface area contributed by atoms with E-state index in [1.54, 1.807) is 36.3 Å². The lowest BCUT2D eigenvalue weighted by Gasteiger charge is -2.34. The van der Waals surface area contributed by atoms with Gasteiger partial charge < -0.3 is 14.7 Å². The lowest BCUT2D eigenvalue weighted by molar-refractivity contribution is -0.122. The molecule has 0 saturated carbocycles. The molecule has 1 fully saturated rings. The zero-order valence-electron chi connectivity index (χ0n) is 23.1. The summed E-state index contributed by atoms with van der Waals surface area (Å²) < 4.78 is 5.15. The first-order valence-corrected chi connectivity index (χ1v) is 12.6. The first-order chi connectivity index (χ1) is 17.3. The number of amides is 2. The van der Waals surface area contributed by atoms with Gasteiger partial charge in [-0.15, -0.1) is 0 Å². The number of rotatable bonds is 6. The fourth-order valence-electron chi connectivity index (χ4n) is 4.20. The minimum atomic E-state index is -0.242. The standard InChI is InChI=1S/C29H40N4O4/c1-28(2,3)22-16-21(26(35)24(17-22)29(4,5)6)18-30-31-25(34)19-32-12-14-33(15-13-32)27(36)20-8-10-23(37-7)11-9-20/h8-11,16-18,35H,12-15,19H2,1-7H3,(H,31,34). The average molecular weight is 509 g/mol. The van der Waals surface area contributed by atoms with Crippen molar-refractivity contribution in [3.8, 4) is 11.5 Å². The molecule has 8 nitrogen and oxygen atoms in total. The van der Waals surface area contributed by atoms with E-state index in [0.717, 1.165) is 11.1 Å². The van der Waals surface area contributed by atoms with Gasteiger partial charge in [0.2, 0.25) is 0 Å². The first-order valence-electron chi connectivity index (χ1n) is 12.6. The fraction of sp³-hybridized carbons (Fsp3) is 0.483. The third-order valence-electron chi connectivity index (χ3n) is 6.57. The van der Waals surface area contributed by atoms with Gasteiger partial charge in [0.15, 0.2) is 0 Å². The highest BCUT2D eigenvalue weighted by Crippen LogP contribution is 2.37. The molecule has 2 aromatic rings. The minimum absolute atomic E-state index is 0.0247. The van der Waals surface area contributed by atoms with E-state index in [-0.39, 0.29) is 34.9 Å². The maximum absolute atomic E-state index is 12.8. The molecule has 0 atom stereocenters. The molecule has 0 aromatic heterocycles. The van der Waals surface area contributed by atoms with Gasteiger partial charge in [-0.25, -0.2) is 5.43 Å². The minimum Gasteiger partial charge on any atom is -0.507 e. The van der Waals surface area contributed by atoms with Crippen LogP contribution in [-0.4, -0.2) is 72.8 Å². The molecule has 3 rings (SSSR count). The molecule has 0 unspecified atom stereocenters. The van der Waals surface area contributed by atoms with Crippen molar-refractivity contribution < 1.29 is 19.4 Å². The molecule has 37 heavy (non-hydrogen) atoms. The normalized spacial score (nSPS) is 15.2. The number of benzene rings is 2. The molecule has 1 aliphatic heterocycles. The molecule has 1 heterocycles. The van der Waals surface area contributed by atoms with Crippen LogP contribution in [0.3, 0.4) is 0 Å². The number of ether oxygens (including phenoxy) is 1. The summed E-state index contributed by atoms with van der Waals surface area (Å²) >= 11 is 0. The average Bonchev–Trinajstić information content (AvgIpc) is 2.83. The van der Waals surface area contributed by atoms with Crippen LogP contribution >= 0.6 is 0 Å². The number of aromatic hydroxyl groups is 1. The maximum Gasteiger partial charge on any atom is 0.254 e. The summed E-state index contributed by atoms with van der Waals surface area (Å²) in [5, 5.41) is 15.0. The Labute approximate surface area is 220 Å². The van der Waals surface area contributed by atoms with Gasteiger partial charge in [-0.05, 0) is 46.7 Å². The highest BCUT2D eigenvalue weighted by molar-refractivity contribution is 5.94. The monoisotopic (exact) mass is 508 g/mol. The van der Waals surface area contributed by atoms with Gasteiger partial charge >= 0.3 is 0 Å². The van der Waals surface area contributed by atoms with Gasteiger partial charge in [-0.1, -0.05) is 47.6 Å². The van der Waals surface area contributed by atoms with Crippen LogP contribution in [0.15, 0.2) is 41.5 Å². The number of hydrogen-bond donors (Lipinski definition) is 2. The molecular formula is C29H40N4O4. The second kappa shape index (κ2) is 11.3. The van der Waals surface area contributed by atoms with Gasteiger partial charge in [0.1, 0.15) is 11.5 Å². The molecule has 0 spiro atoms. The summed E-state index contributed by atoms with van der Waals surface area (Å²) in [4.78, 5) is 29.1. The first kappa shape index (κ1) is 28.2. The second-order valence-corrected chi connectivity index (χ2v) is 11.6. The number of carbonyl (C=O) groups is 2. The van der Waals surface area contributed by atoms with E-state index >= 15 is 0 Å². The summed E-state index contributed by atoms with van der Waals surface area (Å²) in [5.41, 5.74) is 5.36. The van der Waals surface area contributed by atoms with Crippen LogP contribution in [0.5, 0.6) is 11.5 Å².